The predicted molar refractivity (Wildman–Crippen MR) is 376 cm³/mol. The quantitative estimate of drug-likeness (QED) is 0.0724. The molecule has 0 aromatic carbocycles. The molecule has 30 aliphatic heterocycles. The summed E-state index contributed by atoms with van der Waals surface area (Å²) in [6.45, 7) is -0.478. The van der Waals surface area contributed by atoms with Crippen LogP contribution in [0.2, 0.25) is 0 Å². The van der Waals surface area contributed by atoms with E-state index in [-0.39, 0.29) is 52.9 Å². The number of hydrogen-bond donors (Lipinski definition) is 0. The fourth-order valence-electron chi connectivity index (χ4n) is 17.0. The molecule has 40 nitrogen and oxygen atoms in total. The van der Waals surface area contributed by atoms with Crippen molar-refractivity contribution in [1.29, 1.82) is 0 Å². The molecule has 16 bridgehead atoms. The zero-order valence-electron chi connectivity index (χ0n) is 69.1. The maximum absolute atomic E-state index is 7.07. The van der Waals surface area contributed by atoms with Crippen LogP contribution in [0.4, 0.5) is 0 Å². The third kappa shape index (κ3) is 20.6. The molecule has 30 fully saturated rings. The Morgan fingerprint density at radius 1 is 0.125 bits per heavy atom. The molecule has 30 saturated heterocycles. The lowest BCUT2D eigenvalue weighted by Crippen LogP contribution is -2.70. The highest BCUT2D eigenvalue weighted by atomic mass is 16.8. The Bertz CT molecular complexity index is 2090. The minimum absolute atomic E-state index is 0.0598. The monoisotopic (exact) mass is 1630 g/mol. The highest BCUT2D eigenvalue weighted by Gasteiger charge is 2.63. The molecule has 0 aromatic rings. The normalized spacial score (nSPS) is 46.1. The van der Waals surface area contributed by atoms with Gasteiger partial charge in [-0.1, -0.05) is 0 Å². The minimum atomic E-state index is -1.25. The van der Waals surface area contributed by atoms with Crippen LogP contribution in [0.3, 0.4) is 0 Å². The first-order valence-corrected chi connectivity index (χ1v) is 37.4. The van der Waals surface area contributed by atoms with Crippen molar-refractivity contribution >= 4 is 0 Å². The molecule has 112 heavy (non-hydrogen) atoms. The first-order chi connectivity index (χ1) is 54.5. The second kappa shape index (κ2) is 46.4. The van der Waals surface area contributed by atoms with Crippen molar-refractivity contribution in [3.05, 3.63) is 0 Å². The molecule has 656 valence electrons. The highest BCUT2D eigenvalue weighted by Crippen LogP contribution is 2.44. The lowest BCUT2D eigenvalue weighted by Gasteiger charge is -2.53. The Labute approximate surface area is 656 Å². The number of ether oxygens (including phenoxy) is 40. The van der Waals surface area contributed by atoms with Crippen LogP contribution in [0.25, 0.3) is 0 Å². The van der Waals surface area contributed by atoms with Gasteiger partial charge in [-0.05, 0) is 0 Å². The summed E-state index contributed by atoms with van der Waals surface area (Å²) in [4.78, 5) is 0. The molecule has 30 aliphatic rings. The van der Waals surface area contributed by atoms with Crippen LogP contribution in [0.1, 0.15) is 0 Å². The fraction of sp³-hybridized carbons (Fsp3) is 1.00. The van der Waals surface area contributed by atoms with Crippen molar-refractivity contribution in [2.75, 3.05) is 223 Å². The van der Waals surface area contributed by atoms with E-state index in [1.165, 1.54) is 171 Å². The average Bonchev–Trinajstić information content (AvgIpc) is 0.763. The third-order valence-electron chi connectivity index (χ3n) is 22.1. The maximum atomic E-state index is 7.07. The second-order valence-electron chi connectivity index (χ2n) is 28.0. The molecule has 30 heterocycles. The van der Waals surface area contributed by atoms with E-state index < -0.39 is 246 Å². The maximum Gasteiger partial charge on any atom is 0.187 e. The number of hydrogen-bond acceptors (Lipinski definition) is 40. The highest BCUT2D eigenvalue weighted by molar-refractivity contribution is 5.05. The Morgan fingerprint density at radius 3 is 0.286 bits per heavy atom. The molecule has 30 rings (SSSR count). The summed E-state index contributed by atoms with van der Waals surface area (Å²) in [5, 5.41) is 0. The lowest BCUT2D eigenvalue weighted by atomic mass is 9.94. The van der Waals surface area contributed by atoms with Gasteiger partial charge in [0, 0.05) is 171 Å². The molecule has 0 radical (unpaired) electrons. The predicted octanol–water partition coefficient (Wildman–Crippen LogP) is -1.71. The van der Waals surface area contributed by atoms with Gasteiger partial charge in [-0.3, -0.25) is 0 Å². The minimum Gasteiger partial charge on any atom is -0.382 e. The SMILES string of the molecule is COC[C@H]1O[C@@H]2O[C@H]3[C@H](OC)[C@@H](OC)[C@@H](O[C@H]4[C@H](OC)[C@@H](OC)[C@@H](O[C@H]5[C@H](OC)[C@@H](OC)[C@@H](O[C@H]6[C@H](OC)[C@@H](OC)[C@@H](O[C@H]7[C@H](OC)[C@@H](OC)[C@@H](O[C@H]8[C@H](OC)[C@@H](OC)[C@@H](O[C@H]9[C@H](OC)[C@@H](OC)[C@@H](O[C@H]1[C@H](OC)[C@H]2OC)O[C@@H]9COC)O[C@@H]8COC)O[C@@H]7COC)O[C@@H]6COC)O[C@@H]5COC)O[C@@H]4COC)O[C@@H]3COC. The first-order valence-electron chi connectivity index (χ1n) is 37.4. The smallest absolute Gasteiger partial charge is 0.187 e. The van der Waals surface area contributed by atoms with E-state index in [0.717, 1.165) is 0 Å². The molecule has 0 spiro atoms. The first kappa shape index (κ1) is 94.3. The number of rotatable bonds is 32. The summed E-state index contributed by atoms with van der Waals surface area (Å²) in [6.07, 6.45) is -42.2. The van der Waals surface area contributed by atoms with E-state index in [2.05, 4.69) is 0 Å². The van der Waals surface area contributed by atoms with E-state index in [9.17, 15) is 0 Å². The van der Waals surface area contributed by atoms with Gasteiger partial charge in [0.15, 0.2) is 50.3 Å². The summed E-state index contributed by atoms with van der Waals surface area (Å²) in [5.41, 5.74) is 0. The number of methoxy groups -OCH3 is 24. The zero-order chi connectivity index (χ0) is 81.0. The van der Waals surface area contributed by atoms with Crippen LogP contribution >= 0.6 is 0 Å². The van der Waals surface area contributed by atoms with Crippen molar-refractivity contribution in [3.8, 4) is 0 Å². The summed E-state index contributed by atoms with van der Waals surface area (Å²) < 4.78 is 260. The molecule has 0 unspecified atom stereocenters. The van der Waals surface area contributed by atoms with E-state index in [1.54, 1.807) is 0 Å². The van der Waals surface area contributed by atoms with Crippen molar-refractivity contribution in [2.24, 2.45) is 0 Å². The Morgan fingerprint density at radius 2 is 0.214 bits per heavy atom. The Kier molecular flexibility index (Phi) is 39.1. The van der Waals surface area contributed by atoms with Gasteiger partial charge in [0.25, 0.3) is 0 Å². The molecular weight excluding hydrogens is 1500 g/mol. The van der Waals surface area contributed by atoms with Crippen LogP contribution in [0, 0.1) is 0 Å². The van der Waals surface area contributed by atoms with Crippen LogP contribution in [-0.4, -0.2) is 469 Å². The zero-order valence-corrected chi connectivity index (χ0v) is 69.1. The van der Waals surface area contributed by atoms with Crippen molar-refractivity contribution < 1.29 is 189 Å². The molecular formula is C72H128O40. The van der Waals surface area contributed by atoms with E-state index >= 15 is 0 Å². The van der Waals surface area contributed by atoms with Crippen LogP contribution in [-0.2, 0) is 189 Å². The van der Waals surface area contributed by atoms with Crippen molar-refractivity contribution in [3.63, 3.8) is 0 Å². The van der Waals surface area contributed by atoms with Gasteiger partial charge in [0.1, 0.15) is 195 Å². The van der Waals surface area contributed by atoms with Crippen LogP contribution in [0.15, 0.2) is 0 Å². The van der Waals surface area contributed by atoms with Gasteiger partial charge in [0.05, 0.1) is 52.9 Å². The van der Waals surface area contributed by atoms with Gasteiger partial charge in [-0.2, -0.15) is 0 Å². The molecule has 0 amide bonds. The van der Waals surface area contributed by atoms with Crippen LogP contribution in [0.5, 0.6) is 0 Å². The summed E-state index contributed by atoms with van der Waals surface area (Å²) in [7, 11) is 36.1. The fourth-order valence-corrected chi connectivity index (χ4v) is 17.0. The topological polar surface area (TPSA) is 369 Å². The van der Waals surface area contributed by atoms with E-state index in [1.807, 2.05) is 0 Å². The van der Waals surface area contributed by atoms with E-state index in [4.69, 9.17) is 189 Å². The van der Waals surface area contributed by atoms with Crippen LogP contribution < -0.4 is 0 Å². The molecule has 0 aliphatic carbocycles. The van der Waals surface area contributed by atoms with Gasteiger partial charge in [-0.25, -0.2) is 0 Å². The van der Waals surface area contributed by atoms with Gasteiger partial charge >= 0.3 is 0 Å². The largest absolute Gasteiger partial charge is 0.382 e. The summed E-state index contributed by atoms with van der Waals surface area (Å²) >= 11 is 0. The van der Waals surface area contributed by atoms with Gasteiger partial charge < -0.3 is 189 Å². The standard InChI is InChI=1S/C72H128O40/c1-73-25-33-41-49(81-9)57(89-17)65(97-33)106-42-34(26-74-2)99-67(59(91-19)50(42)82-10)108-44-36(28-76-4)101-69(61(93-21)52(44)84-12)110-46-38(30-78-6)103-71(63(95-23)54(46)86-14)112-48-40(32-80-8)104-72(64(96-24)56(48)88-16)111-47-39(31-79-7)102-70(62(94-22)55(47)87-15)109-45-37(29-77-5)100-68(60(92-20)53(45)85-13)107-43-35(27-75-3)98-66(105-41)58(90-18)51(43)83-11/h33-72H,25-32H2,1-24H3/t33-,34-,35-,36-,37-,38-,39-,40-,41-,42-,43-,44-,45-,46-,47-,48-,49+,50+,51+,52+,53+,54+,55+,56+,57-,58-,59-,60-,61-,62-,63-,64-,65-,66-,67-,68-,69-,70-,71-,72-/m1/s1. The van der Waals surface area contributed by atoms with Gasteiger partial charge in [-0.15, -0.1) is 0 Å². The lowest BCUT2D eigenvalue weighted by molar-refractivity contribution is -0.410. The molecule has 0 N–H and O–H groups in total. The van der Waals surface area contributed by atoms with E-state index in [0.29, 0.717) is 0 Å². The third-order valence-corrected chi connectivity index (χ3v) is 22.1. The average molecular weight is 1630 g/mol. The Hall–Kier alpha value is -1.60. The Balaban J connectivity index is 1.13. The van der Waals surface area contributed by atoms with Crippen molar-refractivity contribution in [2.45, 2.75) is 246 Å². The molecule has 40 heteroatoms. The van der Waals surface area contributed by atoms with Gasteiger partial charge in [0.2, 0.25) is 0 Å². The molecule has 40 atom stereocenters. The molecule has 0 saturated carbocycles. The van der Waals surface area contributed by atoms with Crippen molar-refractivity contribution in [1.82, 2.24) is 0 Å². The summed E-state index contributed by atoms with van der Waals surface area (Å²) in [6, 6.07) is 0. The molecule has 0 aromatic heterocycles. The summed E-state index contributed by atoms with van der Waals surface area (Å²) in [5.74, 6) is 0. The second-order valence-corrected chi connectivity index (χ2v) is 28.0.